The Hall–Kier alpha value is -0.670. The molecule has 7 heteroatoms. The van der Waals surface area contributed by atoms with Crippen LogP contribution in [0.3, 0.4) is 0 Å². The van der Waals surface area contributed by atoms with E-state index in [2.05, 4.69) is 0 Å². The molecule has 1 aliphatic rings. The summed E-state index contributed by atoms with van der Waals surface area (Å²) in [4.78, 5) is 11.2. The lowest BCUT2D eigenvalue weighted by atomic mass is 10.2. The molecule has 1 aromatic rings. The monoisotopic (exact) mass is 409 g/mol. The third-order valence-electron chi connectivity index (χ3n) is 3.32. The van der Waals surface area contributed by atoms with Gasteiger partial charge in [0.05, 0.1) is 10.5 Å². The zero-order chi connectivity index (χ0) is 14.9. The summed E-state index contributed by atoms with van der Waals surface area (Å²) in [6.07, 6.45) is 2.14. The van der Waals surface area contributed by atoms with Crippen molar-refractivity contribution >= 4 is 38.6 Å². The molecule has 5 nitrogen and oxygen atoms in total. The minimum Gasteiger partial charge on any atom is -0.478 e. The van der Waals surface area contributed by atoms with Crippen molar-refractivity contribution in [3.8, 4) is 0 Å². The first-order chi connectivity index (χ1) is 9.36. The van der Waals surface area contributed by atoms with E-state index in [1.165, 1.54) is 22.5 Å². The van der Waals surface area contributed by atoms with Crippen molar-refractivity contribution in [3.05, 3.63) is 27.3 Å². The van der Waals surface area contributed by atoms with Gasteiger partial charge in [0, 0.05) is 16.7 Å². The summed E-state index contributed by atoms with van der Waals surface area (Å²) in [6.45, 7) is 2.71. The molecule has 1 saturated carbocycles. The molecule has 0 aliphatic heterocycles. The normalized spacial score (nSPS) is 15.6. The molecule has 0 atom stereocenters. The van der Waals surface area contributed by atoms with Crippen LogP contribution in [0.15, 0.2) is 23.1 Å². The van der Waals surface area contributed by atoms with Crippen molar-refractivity contribution < 1.29 is 18.3 Å². The third kappa shape index (κ3) is 3.32. The van der Waals surface area contributed by atoms with Gasteiger partial charge in [-0.05, 0) is 59.5 Å². The molecule has 110 valence electrons. The quantitative estimate of drug-likeness (QED) is 0.733. The van der Waals surface area contributed by atoms with Crippen molar-refractivity contribution in [1.82, 2.24) is 4.31 Å². The number of rotatable bonds is 6. The molecule has 0 bridgehead atoms. The Morgan fingerprint density at radius 2 is 2.10 bits per heavy atom. The summed E-state index contributed by atoms with van der Waals surface area (Å²) in [5.41, 5.74) is 0.0224. The molecule has 0 aromatic heterocycles. The number of carboxylic acids is 1. The first kappa shape index (κ1) is 15.7. The summed E-state index contributed by atoms with van der Waals surface area (Å²) < 4.78 is 27.0. The Morgan fingerprint density at radius 1 is 1.45 bits per heavy atom. The lowest BCUT2D eigenvalue weighted by Crippen LogP contribution is -2.32. The van der Waals surface area contributed by atoms with Crippen molar-refractivity contribution in [2.45, 2.75) is 24.7 Å². The van der Waals surface area contributed by atoms with E-state index >= 15 is 0 Å². The molecule has 2 rings (SSSR count). The number of hydrogen-bond donors (Lipinski definition) is 1. The smallest absolute Gasteiger partial charge is 0.336 e. The average molecular weight is 409 g/mol. The number of nitrogens with zero attached hydrogens (tertiary/aromatic N) is 1. The molecule has 1 fully saturated rings. The summed E-state index contributed by atoms with van der Waals surface area (Å²) >= 11 is 1.89. The molecule has 1 aromatic carbocycles. The Labute approximate surface area is 132 Å². The Morgan fingerprint density at radius 3 is 2.60 bits per heavy atom. The van der Waals surface area contributed by atoms with Gasteiger partial charge < -0.3 is 5.11 Å². The van der Waals surface area contributed by atoms with Crippen LogP contribution in [0.4, 0.5) is 0 Å². The summed E-state index contributed by atoms with van der Waals surface area (Å²) in [6, 6.07) is 4.25. The predicted molar refractivity (Wildman–Crippen MR) is 83.3 cm³/mol. The van der Waals surface area contributed by atoms with Gasteiger partial charge >= 0.3 is 5.97 Å². The fourth-order valence-corrected chi connectivity index (χ4v) is 4.08. The van der Waals surface area contributed by atoms with Crippen LogP contribution >= 0.6 is 22.6 Å². The van der Waals surface area contributed by atoms with E-state index in [-0.39, 0.29) is 10.5 Å². The molecular weight excluding hydrogens is 393 g/mol. The summed E-state index contributed by atoms with van der Waals surface area (Å²) in [7, 11) is -3.61. The Kier molecular flexibility index (Phi) is 4.70. The molecule has 0 heterocycles. The van der Waals surface area contributed by atoms with Crippen molar-refractivity contribution in [3.63, 3.8) is 0 Å². The van der Waals surface area contributed by atoms with Crippen LogP contribution in [-0.2, 0) is 10.0 Å². The van der Waals surface area contributed by atoms with Gasteiger partial charge in [0.2, 0.25) is 10.0 Å². The van der Waals surface area contributed by atoms with Crippen molar-refractivity contribution in [2.24, 2.45) is 5.92 Å². The van der Waals surface area contributed by atoms with Gasteiger partial charge in [-0.15, -0.1) is 0 Å². The van der Waals surface area contributed by atoms with Gasteiger partial charge in [0.1, 0.15) is 0 Å². The second kappa shape index (κ2) is 5.98. The molecule has 0 saturated heterocycles. The first-order valence-corrected chi connectivity index (χ1v) is 8.91. The first-order valence-electron chi connectivity index (χ1n) is 6.39. The molecule has 1 N–H and O–H groups in total. The SMILES string of the molecule is CCN(CC1CC1)S(=O)(=O)c1ccc(I)c(C(=O)O)c1. The number of benzene rings is 1. The molecular formula is C13H16INO4S. The highest BCUT2D eigenvalue weighted by atomic mass is 127. The lowest BCUT2D eigenvalue weighted by molar-refractivity contribution is 0.0695. The molecule has 0 spiro atoms. The standard InChI is InChI=1S/C13H16INO4S/c1-2-15(8-9-3-4-9)20(18,19)10-5-6-12(14)11(7-10)13(16)17/h5-7,9H,2-4,8H2,1H3,(H,16,17). The van der Waals surface area contributed by atoms with Crippen LogP contribution in [0.25, 0.3) is 0 Å². The number of carbonyl (C=O) groups is 1. The zero-order valence-electron chi connectivity index (χ0n) is 11.0. The minimum atomic E-state index is -3.61. The molecule has 0 radical (unpaired) electrons. The predicted octanol–water partition coefficient (Wildman–Crippen LogP) is 2.41. The topological polar surface area (TPSA) is 74.7 Å². The maximum atomic E-state index is 12.5. The third-order valence-corrected chi connectivity index (χ3v) is 6.19. The lowest BCUT2D eigenvalue weighted by Gasteiger charge is -2.20. The van der Waals surface area contributed by atoms with E-state index in [4.69, 9.17) is 5.11 Å². The Bertz CT molecular complexity index is 625. The van der Waals surface area contributed by atoms with Gasteiger partial charge in [0.25, 0.3) is 0 Å². The summed E-state index contributed by atoms with van der Waals surface area (Å²) in [5.74, 6) is -0.663. The van der Waals surface area contributed by atoms with E-state index in [9.17, 15) is 13.2 Å². The van der Waals surface area contributed by atoms with Crippen LogP contribution in [0.2, 0.25) is 0 Å². The van der Waals surface area contributed by atoms with Gasteiger partial charge in [0.15, 0.2) is 0 Å². The van der Waals surface area contributed by atoms with E-state index < -0.39 is 16.0 Å². The summed E-state index contributed by atoms with van der Waals surface area (Å²) in [5, 5.41) is 9.09. The zero-order valence-corrected chi connectivity index (χ0v) is 14.0. The molecule has 0 amide bonds. The maximum absolute atomic E-state index is 12.5. The van der Waals surface area contributed by atoms with Crippen molar-refractivity contribution in [2.75, 3.05) is 13.1 Å². The van der Waals surface area contributed by atoms with E-state index in [1.54, 1.807) is 6.92 Å². The highest BCUT2D eigenvalue weighted by Crippen LogP contribution is 2.31. The second-order valence-corrected chi connectivity index (χ2v) is 7.95. The Balaban J connectivity index is 2.37. The van der Waals surface area contributed by atoms with Crippen LogP contribution in [0.5, 0.6) is 0 Å². The van der Waals surface area contributed by atoms with E-state index in [0.717, 1.165) is 12.8 Å². The van der Waals surface area contributed by atoms with Crippen LogP contribution in [-0.4, -0.2) is 36.9 Å². The molecule has 0 unspecified atom stereocenters. The average Bonchev–Trinajstić information content (AvgIpc) is 3.19. The second-order valence-electron chi connectivity index (χ2n) is 4.85. The van der Waals surface area contributed by atoms with Gasteiger partial charge in [-0.2, -0.15) is 4.31 Å². The molecule has 1 aliphatic carbocycles. The molecule has 20 heavy (non-hydrogen) atoms. The highest BCUT2D eigenvalue weighted by molar-refractivity contribution is 14.1. The van der Waals surface area contributed by atoms with Gasteiger partial charge in [-0.1, -0.05) is 6.92 Å². The minimum absolute atomic E-state index is 0.0224. The highest BCUT2D eigenvalue weighted by Gasteiger charge is 2.31. The largest absolute Gasteiger partial charge is 0.478 e. The van der Waals surface area contributed by atoms with Gasteiger partial charge in [-0.25, -0.2) is 13.2 Å². The fourth-order valence-electron chi connectivity index (χ4n) is 1.96. The van der Waals surface area contributed by atoms with Crippen LogP contribution < -0.4 is 0 Å². The number of halogens is 1. The van der Waals surface area contributed by atoms with E-state index in [0.29, 0.717) is 22.6 Å². The van der Waals surface area contributed by atoms with E-state index in [1.807, 2.05) is 22.6 Å². The van der Waals surface area contributed by atoms with Crippen molar-refractivity contribution in [1.29, 1.82) is 0 Å². The van der Waals surface area contributed by atoms with Crippen LogP contribution in [0, 0.1) is 9.49 Å². The van der Waals surface area contributed by atoms with Crippen LogP contribution in [0.1, 0.15) is 30.1 Å². The number of hydrogen-bond acceptors (Lipinski definition) is 3. The number of sulfonamides is 1. The fraction of sp³-hybridized carbons (Fsp3) is 0.462. The maximum Gasteiger partial charge on any atom is 0.336 e. The number of carboxylic acid groups (broad SMARTS) is 1. The number of aromatic carboxylic acids is 1. The van der Waals surface area contributed by atoms with Gasteiger partial charge in [-0.3, -0.25) is 0 Å².